The van der Waals surface area contributed by atoms with Gasteiger partial charge in [-0.1, -0.05) is 12.1 Å². The van der Waals surface area contributed by atoms with Crippen molar-refractivity contribution >= 4 is 11.3 Å². The van der Waals surface area contributed by atoms with Gasteiger partial charge in [0.2, 0.25) is 0 Å². The average Bonchev–Trinajstić information content (AvgIpc) is 3.06. The van der Waals surface area contributed by atoms with Crippen LogP contribution in [0.15, 0.2) is 30.2 Å². The van der Waals surface area contributed by atoms with Gasteiger partial charge in [0.25, 0.3) is 0 Å². The second-order valence-corrected chi connectivity index (χ2v) is 6.25. The van der Waals surface area contributed by atoms with E-state index in [4.69, 9.17) is 9.47 Å². The van der Waals surface area contributed by atoms with Gasteiger partial charge in [-0.15, -0.1) is 17.9 Å². The quantitative estimate of drug-likeness (QED) is 0.774. The highest BCUT2D eigenvalue weighted by Crippen LogP contribution is 2.32. The number of fused-ring (bicyclic) bond motifs is 1. The molecular formula is C15H21NO2S. The van der Waals surface area contributed by atoms with Crippen LogP contribution in [0.3, 0.4) is 0 Å². The van der Waals surface area contributed by atoms with Gasteiger partial charge >= 0.3 is 0 Å². The van der Waals surface area contributed by atoms with Crippen LogP contribution >= 0.6 is 11.3 Å². The first kappa shape index (κ1) is 13.3. The second kappa shape index (κ2) is 6.18. The molecule has 2 aliphatic heterocycles. The van der Waals surface area contributed by atoms with Crippen LogP contribution in [0.2, 0.25) is 0 Å². The third-order valence-corrected chi connectivity index (χ3v) is 4.81. The summed E-state index contributed by atoms with van der Waals surface area (Å²) in [4.78, 5) is 3.96. The molecule has 3 rings (SSSR count). The van der Waals surface area contributed by atoms with Gasteiger partial charge in [0.15, 0.2) is 0 Å². The lowest BCUT2D eigenvalue weighted by molar-refractivity contribution is -0.0720. The van der Waals surface area contributed by atoms with Crippen LogP contribution < -0.4 is 0 Å². The molecule has 0 unspecified atom stereocenters. The Kier molecular flexibility index (Phi) is 4.33. The SMILES string of the molecule is C=CCO[C@H]1CN(Cc2cccs2)[C@@H]2CCCO[C@H]12. The third kappa shape index (κ3) is 2.92. The van der Waals surface area contributed by atoms with Crippen molar-refractivity contribution in [2.24, 2.45) is 0 Å². The number of likely N-dealkylation sites (tertiary alicyclic amines) is 1. The maximum absolute atomic E-state index is 5.96. The number of hydrogen-bond donors (Lipinski definition) is 0. The third-order valence-electron chi connectivity index (χ3n) is 3.95. The van der Waals surface area contributed by atoms with E-state index in [1.807, 2.05) is 17.4 Å². The Balaban J connectivity index is 1.68. The molecule has 1 aromatic heterocycles. The van der Waals surface area contributed by atoms with Crippen LogP contribution in [-0.2, 0) is 16.0 Å². The molecule has 3 nitrogen and oxygen atoms in total. The van der Waals surface area contributed by atoms with Crippen molar-refractivity contribution in [2.75, 3.05) is 19.8 Å². The minimum Gasteiger partial charge on any atom is -0.374 e. The molecule has 1 aromatic rings. The van der Waals surface area contributed by atoms with Gasteiger partial charge in [-0.3, -0.25) is 4.90 Å². The predicted octanol–water partition coefficient (Wildman–Crippen LogP) is 2.68. The molecule has 19 heavy (non-hydrogen) atoms. The van der Waals surface area contributed by atoms with Gasteiger partial charge in [-0.25, -0.2) is 0 Å². The van der Waals surface area contributed by atoms with Crippen LogP contribution in [0.1, 0.15) is 17.7 Å². The lowest BCUT2D eigenvalue weighted by atomic mass is 10.0. The monoisotopic (exact) mass is 279 g/mol. The lowest BCUT2D eigenvalue weighted by Gasteiger charge is -2.32. The second-order valence-electron chi connectivity index (χ2n) is 5.21. The van der Waals surface area contributed by atoms with E-state index in [9.17, 15) is 0 Å². The molecule has 3 atom stereocenters. The first-order valence-electron chi connectivity index (χ1n) is 6.99. The number of nitrogens with zero attached hydrogens (tertiary/aromatic N) is 1. The number of thiophene rings is 1. The van der Waals surface area contributed by atoms with Crippen LogP contribution in [0.5, 0.6) is 0 Å². The normalized spacial score (nSPS) is 31.3. The largest absolute Gasteiger partial charge is 0.374 e. The Morgan fingerprint density at radius 1 is 1.58 bits per heavy atom. The average molecular weight is 279 g/mol. The Hall–Kier alpha value is -0.680. The molecule has 2 aliphatic rings. The van der Waals surface area contributed by atoms with E-state index in [2.05, 4.69) is 29.0 Å². The minimum absolute atomic E-state index is 0.197. The standard InChI is InChI=1S/C15H21NO2S/c1-2-7-17-14-11-16(10-12-5-4-9-19-12)13-6-3-8-18-15(13)14/h2,4-5,9,13-15H,1,3,6-8,10-11H2/t13-,14+,15+/m1/s1. The summed E-state index contributed by atoms with van der Waals surface area (Å²) in [6, 6.07) is 4.85. The van der Waals surface area contributed by atoms with E-state index in [-0.39, 0.29) is 12.2 Å². The molecule has 3 heterocycles. The van der Waals surface area contributed by atoms with Crippen LogP contribution in [0.4, 0.5) is 0 Å². The van der Waals surface area contributed by atoms with Crippen molar-refractivity contribution in [3.05, 3.63) is 35.0 Å². The van der Waals surface area contributed by atoms with Crippen molar-refractivity contribution in [1.29, 1.82) is 0 Å². The molecular weight excluding hydrogens is 258 g/mol. The van der Waals surface area contributed by atoms with E-state index in [1.54, 1.807) is 0 Å². The van der Waals surface area contributed by atoms with Crippen LogP contribution in [0, 0.1) is 0 Å². The summed E-state index contributed by atoms with van der Waals surface area (Å²) in [5, 5.41) is 2.14. The number of hydrogen-bond acceptors (Lipinski definition) is 4. The Labute approximate surface area is 118 Å². The maximum atomic E-state index is 5.96. The van der Waals surface area contributed by atoms with E-state index < -0.39 is 0 Å². The minimum atomic E-state index is 0.197. The number of ether oxygens (including phenoxy) is 2. The Bertz CT molecular complexity index is 406. The topological polar surface area (TPSA) is 21.7 Å². The Morgan fingerprint density at radius 2 is 2.53 bits per heavy atom. The summed E-state index contributed by atoms with van der Waals surface area (Å²) in [5.74, 6) is 0. The van der Waals surface area contributed by atoms with E-state index in [0.29, 0.717) is 12.6 Å². The summed E-state index contributed by atoms with van der Waals surface area (Å²) in [5.41, 5.74) is 0. The highest BCUT2D eigenvalue weighted by atomic mass is 32.1. The molecule has 0 N–H and O–H groups in total. The number of rotatable bonds is 5. The molecule has 0 radical (unpaired) electrons. The van der Waals surface area contributed by atoms with Crippen molar-refractivity contribution in [1.82, 2.24) is 4.90 Å². The smallest absolute Gasteiger partial charge is 0.100 e. The van der Waals surface area contributed by atoms with Gasteiger partial charge in [-0.05, 0) is 24.3 Å². The highest BCUT2D eigenvalue weighted by molar-refractivity contribution is 7.09. The van der Waals surface area contributed by atoms with Gasteiger partial charge in [0.1, 0.15) is 6.10 Å². The van der Waals surface area contributed by atoms with E-state index >= 15 is 0 Å². The molecule has 2 saturated heterocycles. The van der Waals surface area contributed by atoms with Crippen molar-refractivity contribution in [3.8, 4) is 0 Å². The van der Waals surface area contributed by atoms with Crippen LogP contribution in [-0.4, -0.2) is 42.9 Å². The molecule has 0 bridgehead atoms. The van der Waals surface area contributed by atoms with Crippen molar-refractivity contribution in [2.45, 2.75) is 37.6 Å². The molecule has 0 saturated carbocycles. The summed E-state index contributed by atoms with van der Waals surface area (Å²) in [6.07, 6.45) is 4.65. The van der Waals surface area contributed by atoms with Gasteiger partial charge in [0.05, 0.1) is 12.7 Å². The maximum Gasteiger partial charge on any atom is 0.100 e. The summed E-state index contributed by atoms with van der Waals surface area (Å²) < 4.78 is 11.9. The van der Waals surface area contributed by atoms with Gasteiger partial charge in [0, 0.05) is 30.6 Å². The molecule has 4 heteroatoms. The molecule has 0 aliphatic carbocycles. The first-order chi connectivity index (χ1) is 9.38. The predicted molar refractivity (Wildman–Crippen MR) is 77.4 cm³/mol. The fraction of sp³-hybridized carbons (Fsp3) is 0.600. The zero-order valence-electron chi connectivity index (χ0n) is 11.2. The fourth-order valence-electron chi connectivity index (χ4n) is 3.13. The Morgan fingerprint density at radius 3 is 3.32 bits per heavy atom. The van der Waals surface area contributed by atoms with Crippen LogP contribution in [0.25, 0.3) is 0 Å². The van der Waals surface area contributed by atoms with E-state index in [0.717, 1.165) is 26.1 Å². The van der Waals surface area contributed by atoms with Gasteiger partial charge in [-0.2, -0.15) is 0 Å². The summed E-state index contributed by atoms with van der Waals surface area (Å²) in [7, 11) is 0. The fourth-order valence-corrected chi connectivity index (χ4v) is 3.86. The van der Waals surface area contributed by atoms with Crippen molar-refractivity contribution in [3.63, 3.8) is 0 Å². The molecule has 0 aromatic carbocycles. The van der Waals surface area contributed by atoms with Crippen molar-refractivity contribution < 1.29 is 9.47 Å². The highest BCUT2D eigenvalue weighted by Gasteiger charge is 2.44. The summed E-state index contributed by atoms with van der Waals surface area (Å²) >= 11 is 1.83. The van der Waals surface area contributed by atoms with E-state index in [1.165, 1.54) is 11.3 Å². The first-order valence-corrected chi connectivity index (χ1v) is 7.87. The zero-order valence-corrected chi connectivity index (χ0v) is 12.0. The lowest BCUT2D eigenvalue weighted by Crippen LogP contribution is -2.41. The van der Waals surface area contributed by atoms with Gasteiger partial charge < -0.3 is 9.47 Å². The molecule has 0 spiro atoms. The molecule has 104 valence electrons. The summed E-state index contributed by atoms with van der Waals surface area (Å²) in [6.45, 7) is 7.22. The molecule has 2 fully saturated rings. The molecule has 0 amide bonds. The zero-order chi connectivity index (χ0) is 13.1.